The summed E-state index contributed by atoms with van der Waals surface area (Å²) in [5.41, 5.74) is 4.36. The first-order chi connectivity index (χ1) is 13.6. The largest absolute Gasteiger partial charge is 0.347 e. The lowest BCUT2D eigenvalue weighted by Gasteiger charge is -2.06. The van der Waals surface area contributed by atoms with Crippen LogP contribution >= 0.6 is 0 Å². The molecule has 8 heteroatoms. The maximum Gasteiger partial charge on any atom is 0.269 e. The van der Waals surface area contributed by atoms with E-state index in [1.807, 2.05) is 19.2 Å². The van der Waals surface area contributed by atoms with E-state index in [9.17, 15) is 9.18 Å². The topological polar surface area (TPSA) is 88.5 Å². The summed E-state index contributed by atoms with van der Waals surface area (Å²) < 4.78 is 14.8. The number of carbonyl (C=O) groups excluding carboxylic acids is 1. The number of nitrogens with zero attached hydrogens (tertiary/aromatic N) is 4. The normalized spacial score (nSPS) is 10.8. The summed E-state index contributed by atoms with van der Waals surface area (Å²) in [6.07, 6.45) is 5.18. The van der Waals surface area contributed by atoms with Crippen molar-refractivity contribution in [1.29, 1.82) is 0 Å². The van der Waals surface area contributed by atoms with Crippen LogP contribution in [-0.2, 0) is 13.6 Å². The number of amides is 1. The van der Waals surface area contributed by atoms with Gasteiger partial charge in [-0.25, -0.2) is 4.39 Å². The Bertz CT molecular complexity index is 1120. The molecule has 2 N–H and O–H groups in total. The van der Waals surface area contributed by atoms with Crippen molar-refractivity contribution in [2.24, 2.45) is 7.05 Å². The first-order valence-electron chi connectivity index (χ1n) is 8.62. The van der Waals surface area contributed by atoms with Crippen LogP contribution in [0.5, 0.6) is 0 Å². The zero-order valence-electron chi connectivity index (χ0n) is 15.1. The number of benzene rings is 1. The van der Waals surface area contributed by atoms with Crippen molar-refractivity contribution in [1.82, 2.24) is 30.3 Å². The molecule has 140 valence electrons. The Hall–Kier alpha value is -3.81. The molecule has 4 aromatic rings. The van der Waals surface area contributed by atoms with Gasteiger partial charge in [-0.15, -0.1) is 0 Å². The number of halogens is 1. The molecule has 0 atom stereocenters. The third-order valence-electron chi connectivity index (χ3n) is 4.33. The zero-order chi connectivity index (χ0) is 19.5. The molecule has 0 unspecified atom stereocenters. The van der Waals surface area contributed by atoms with E-state index < -0.39 is 0 Å². The van der Waals surface area contributed by atoms with E-state index in [-0.39, 0.29) is 11.7 Å². The van der Waals surface area contributed by atoms with Crippen LogP contribution in [0.4, 0.5) is 4.39 Å². The highest BCUT2D eigenvalue weighted by atomic mass is 19.1. The summed E-state index contributed by atoms with van der Waals surface area (Å²) in [6.45, 7) is 0.322. The average Bonchev–Trinajstić information content (AvgIpc) is 3.36. The number of hydrogen-bond acceptors (Lipinski definition) is 4. The fourth-order valence-corrected chi connectivity index (χ4v) is 2.87. The number of aryl methyl sites for hydroxylation is 1. The highest BCUT2D eigenvalue weighted by molar-refractivity contribution is 5.93. The van der Waals surface area contributed by atoms with Gasteiger partial charge in [-0.2, -0.15) is 10.2 Å². The van der Waals surface area contributed by atoms with Crippen LogP contribution in [0, 0.1) is 5.82 Å². The molecule has 7 nitrogen and oxygen atoms in total. The van der Waals surface area contributed by atoms with Crippen molar-refractivity contribution < 1.29 is 9.18 Å². The number of H-pyrrole nitrogens is 1. The van der Waals surface area contributed by atoms with Crippen LogP contribution in [0.1, 0.15) is 16.1 Å². The van der Waals surface area contributed by atoms with Gasteiger partial charge in [0.15, 0.2) is 0 Å². The second-order valence-corrected chi connectivity index (χ2v) is 6.28. The highest BCUT2D eigenvalue weighted by Gasteiger charge is 2.12. The predicted molar refractivity (Wildman–Crippen MR) is 102 cm³/mol. The number of nitrogens with one attached hydrogen (secondary N) is 2. The summed E-state index contributed by atoms with van der Waals surface area (Å²) in [4.78, 5) is 16.6. The number of carbonyl (C=O) groups is 1. The van der Waals surface area contributed by atoms with Gasteiger partial charge < -0.3 is 5.32 Å². The molecule has 0 aliphatic heterocycles. The quantitative estimate of drug-likeness (QED) is 0.561. The second kappa shape index (κ2) is 7.43. The summed E-state index contributed by atoms with van der Waals surface area (Å²) in [5, 5.41) is 13.8. The fourth-order valence-electron chi connectivity index (χ4n) is 2.87. The molecule has 0 radical (unpaired) electrons. The van der Waals surface area contributed by atoms with E-state index in [1.165, 1.54) is 12.1 Å². The maximum atomic E-state index is 13.0. The van der Waals surface area contributed by atoms with Crippen molar-refractivity contribution in [2.45, 2.75) is 6.54 Å². The molecule has 0 fully saturated rings. The van der Waals surface area contributed by atoms with Gasteiger partial charge in [-0.1, -0.05) is 0 Å². The number of aromatic amines is 1. The van der Waals surface area contributed by atoms with E-state index >= 15 is 0 Å². The number of pyridine rings is 1. The van der Waals surface area contributed by atoms with E-state index in [0.717, 1.165) is 22.4 Å². The molecule has 0 saturated carbocycles. The third kappa shape index (κ3) is 3.66. The van der Waals surface area contributed by atoms with Gasteiger partial charge in [0.1, 0.15) is 11.5 Å². The Labute approximate surface area is 160 Å². The lowest BCUT2D eigenvalue weighted by molar-refractivity contribution is 0.0946. The molecular formula is C20H17FN6O. The first kappa shape index (κ1) is 17.6. The van der Waals surface area contributed by atoms with Crippen LogP contribution in [0.25, 0.3) is 22.5 Å². The number of hydrogen-bond donors (Lipinski definition) is 2. The molecule has 0 saturated heterocycles. The molecule has 3 aromatic heterocycles. The molecule has 0 aliphatic rings. The summed E-state index contributed by atoms with van der Waals surface area (Å²) >= 11 is 0. The molecule has 1 amide bonds. The Morgan fingerprint density at radius 2 is 1.96 bits per heavy atom. The minimum atomic E-state index is -0.320. The van der Waals surface area contributed by atoms with E-state index in [1.54, 1.807) is 41.5 Å². The molecule has 0 spiro atoms. The number of rotatable bonds is 5. The lowest BCUT2D eigenvalue weighted by atomic mass is 10.1. The molecule has 4 rings (SSSR count). The highest BCUT2D eigenvalue weighted by Crippen LogP contribution is 2.19. The van der Waals surface area contributed by atoms with Crippen LogP contribution in [0.3, 0.4) is 0 Å². The van der Waals surface area contributed by atoms with Gasteiger partial charge in [-0.05, 0) is 48.0 Å². The van der Waals surface area contributed by atoms with Crippen molar-refractivity contribution in [3.05, 3.63) is 78.1 Å². The number of aromatic nitrogens is 5. The molecule has 1 aromatic carbocycles. The zero-order valence-corrected chi connectivity index (χ0v) is 15.1. The molecule has 0 bridgehead atoms. The fraction of sp³-hybridized carbons (Fsp3) is 0.100. The minimum absolute atomic E-state index is 0.285. The van der Waals surface area contributed by atoms with Gasteiger partial charge in [0, 0.05) is 43.3 Å². The Kier molecular flexibility index (Phi) is 4.67. The van der Waals surface area contributed by atoms with E-state index in [0.29, 0.717) is 17.9 Å². The standard InChI is InChI=1S/C20H17FN6O/c1-27-19(6-7-24-27)15-8-13(10-22-12-15)11-23-20(28)18-9-17(25-26-18)14-2-4-16(21)5-3-14/h2-10,12H,11H2,1H3,(H,23,28)(H,25,26). The Morgan fingerprint density at radius 3 is 2.71 bits per heavy atom. The average molecular weight is 376 g/mol. The second-order valence-electron chi connectivity index (χ2n) is 6.28. The molecule has 0 aliphatic carbocycles. The lowest BCUT2D eigenvalue weighted by Crippen LogP contribution is -2.23. The molecule has 28 heavy (non-hydrogen) atoms. The maximum absolute atomic E-state index is 13.0. The van der Waals surface area contributed by atoms with Gasteiger partial charge in [0.25, 0.3) is 5.91 Å². The molecular weight excluding hydrogens is 359 g/mol. The molecule has 3 heterocycles. The monoisotopic (exact) mass is 376 g/mol. The Morgan fingerprint density at radius 1 is 1.14 bits per heavy atom. The van der Waals surface area contributed by atoms with Gasteiger partial charge in [-0.3, -0.25) is 19.6 Å². The summed E-state index contributed by atoms with van der Waals surface area (Å²) in [5.74, 6) is -0.606. The Balaban J connectivity index is 1.44. The van der Waals surface area contributed by atoms with Crippen molar-refractivity contribution >= 4 is 5.91 Å². The van der Waals surface area contributed by atoms with Crippen LogP contribution < -0.4 is 5.32 Å². The van der Waals surface area contributed by atoms with Crippen LogP contribution in [0.2, 0.25) is 0 Å². The van der Waals surface area contributed by atoms with Crippen LogP contribution in [-0.4, -0.2) is 30.9 Å². The van der Waals surface area contributed by atoms with E-state index in [2.05, 4.69) is 25.6 Å². The van der Waals surface area contributed by atoms with Crippen molar-refractivity contribution in [3.63, 3.8) is 0 Å². The third-order valence-corrected chi connectivity index (χ3v) is 4.33. The smallest absolute Gasteiger partial charge is 0.269 e. The van der Waals surface area contributed by atoms with E-state index in [4.69, 9.17) is 0 Å². The first-order valence-corrected chi connectivity index (χ1v) is 8.62. The van der Waals surface area contributed by atoms with Crippen molar-refractivity contribution in [2.75, 3.05) is 0 Å². The summed E-state index contributed by atoms with van der Waals surface area (Å²) in [7, 11) is 1.86. The minimum Gasteiger partial charge on any atom is -0.347 e. The SMILES string of the molecule is Cn1nccc1-c1cncc(CNC(=O)c2cc(-c3ccc(F)cc3)n[nH]2)c1. The van der Waals surface area contributed by atoms with Gasteiger partial charge in [0.2, 0.25) is 0 Å². The van der Waals surface area contributed by atoms with Crippen LogP contribution in [0.15, 0.2) is 61.1 Å². The van der Waals surface area contributed by atoms with Gasteiger partial charge >= 0.3 is 0 Å². The summed E-state index contributed by atoms with van der Waals surface area (Å²) in [6, 6.07) is 11.4. The van der Waals surface area contributed by atoms with Crippen molar-refractivity contribution in [3.8, 4) is 22.5 Å². The predicted octanol–water partition coefficient (Wildman–Crippen LogP) is 2.94. The van der Waals surface area contributed by atoms with Gasteiger partial charge in [0.05, 0.1) is 11.4 Å².